The average Bonchev–Trinajstić information content (AvgIpc) is 2.79. The molecule has 8 heteroatoms. The molecule has 20 heavy (non-hydrogen) atoms. The molecule has 0 radical (unpaired) electrons. The van der Waals surface area contributed by atoms with Gasteiger partial charge in [0, 0.05) is 18.8 Å². The van der Waals surface area contributed by atoms with E-state index in [-0.39, 0.29) is 6.04 Å². The van der Waals surface area contributed by atoms with Crippen molar-refractivity contribution in [1.82, 2.24) is 25.2 Å². The SMILES string of the molecule is COc1cnc(C(NN)c2cn(C)nc2C)c(OC)n1. The van der Waals surface area contributed by atoms with E-state index in [0.717, 1.165) is 11.3 Å². The molecule has 3 N–H and O–H groups in total. The standard InChI is InChI=1S/C12H18N6O2/c1-7-8(6-18(2)17-7)10(16-13)11-12(20-4)15-9(19-3)5-14-11/h5-6,10,16H,13H2,1-4H3. The molecule has 0 saturated carbocycles. The third-order valence-corrected chi connectivity index (χ3v) is 2.95. The summed E-state index contributed by atoms with van der Waals surface area (Å²) in [6.45, 7) is 1.91. The predicted molar refractivity (Wildman–Crippen MR) is 72.2 cm³/mol. The fourth-order valence-corrected chi connectivity index (χ4v) is 2.03. The van der Waals surface area contributed by atoms with Gasteiger partial charge in [-0.1, -0.05) is 0 Å². The predicted octanol–water partition coefficient (Wildman–Crippen LogP) is 0.0884. The van der Waals surface area contributed by atoms with Gasteiger partial charge in [-0.15, -0.1) is 0 Å². The van der Waals surface area contributed by atoms with Crippen molar-refractivity contribution in [3.8, 4) is 11.8 Å². The lowest BCUT2D eigenvalue weighted by Crippen LogP contribution is -2.30. The lowest BCUT2D eigenvalue weighted by Gasteiger charge is -2.17. The van der Waals surface area contributed by atoms with E-state index in [0.29, 0.717) is 17.5 Å². The Kier molecular flexibility index (Phi) is 4.16. The average molecular weight is 278 g/mol. The van der Waals surface area contributed by atoms with Gasteiger partial charge in [0.15, 0.2) is 0 Å². The summed E-state index contributed by atoms with van der Waals surface area (Å²) >= 11 is 0. The van der Waals surface area contributed by atoms with Crippen molar-refractivity contribution in [1.29, 1.82) is 0 Å². The van der Waals surface area contributed by atoms with Gasteiger partial charge >= 0.3 is 0 Å². The molecule has 0 spiro atoms. The number of nitrogens with one attached hydrogen (secondary N) is 1. The Morgan fingerprint density at radius 3 is 2.60 bits per heavy atom. The number of hydrogen-bond donors (Lipinski definition) is 2. The summed E-state index contributed by atoms with van der Waals surface area (Å²) in [5.74, 6) is 6.40. The van der Waals surface area contributed by atoms with Crippen LogP contribution in [0.4, 0.5) is 0 Å². The third kappa shape index (κ3) is 2.56. The van der Waals surface area contributed by atoms with Crippen LogP contribution in [0.1, 0.15) is 23.0 Å². The second kappa shape index (κ2) is 5.85. The molecule has 0 aliphatic carbocycles. The van der Waals surface area contributed by atoms with Crippen molar-refractivity contribution in [2.24, 2.45) is 12.9 Å². The van der Waals surface area contributed by atoms with Gasteiger partial charge in [0.2, 0.25) is 11.8 Å². The van der Waals surface area contributed by atoms with Crippen molar-refractivity contribution < 1.29 is 9.47 Å². The van der Waals surface area contributed by atoms with E-state index in [1.807, 2.05) is 20.2 Å². The van der Waals surface area contributed by atoms with Crippen molar-refractivity contribution in [2.45, 2.75) is 13.0 Å². The molecule has 2 aromatic rings. The lowest BCUT2D eigenvalue weighted by molar-refractivity contribution is 0.352. The highest BCUT2D eigenvalue weighted by Gasteiger charge is 2.23. The molecule has 2 aromatic heterocycles. The van der Waals surface area contributed by atoms with E-state index < -0.39 is 0 Å². The molecular weight excluding hydrogens is 260 g/mol. The number of hydrogen-bond acceptors (Lipinski definition) is 7. The van der Waals surface area contributed by atoms with Crippen molar-refractivity contribution in [3.05, 3.63) is 29.3 Å². The van der Waals surface area contributed by atoms with E-state index >= 15 is 0 Å². The maximum atomic E-state index is 5.67. The zero-order valence-electron chi connectivity index (χ0n) is 11.9. The Morgan fingerprint density at radius 2 is 2.10 bits per heavy atom. The van der Waals surface area contributed by atoms with Crippen LogP contribution in [-0.4, -0.2) is 34.0 Å². The molecule has 108 valence electrons. The summed E-state index contributed by atoms with van der Waals surface area (Å²) in [6.07, 6.45) is 3.40. The quantitative estimate of drug-likeness (QED) is 0.590. The number of ether oxygens (including phenoxy) is 2. The second-order valence-corrected chi connectivity index (χ2v) is 4.25. The highest BCUT2D eigenvalue weighted by molar-refractivity contribution is 5.35. The van der Waals surface area contributed by atoms with Gasteiger partial charge in [0.05, 0.1) is 32.2 Å². The second-order valence-electron chi connectivity index (χ2n) is 4.25. The molecule has 0 aromatic carbocycles. The first-order valence-electron chi connectivity index (χ1n) is 6.01. The zero-order valence-corrected chi connectivity index (χ0v) is 11.9. The first-order chi connectivity index (χ1) is 9.60. The van der Waals surface area contributed by atoms with Crippen molar-refractivity contribution in [2.75, 3.05) is 14.2 Å². The van der Waals surface area contributed by atoms with Crippen molar-refractivity contribution >= 4 is 0 Å². The molecule has 0 aliphatic rings. The first-order valence-corrected chi connectivity index (χ1v) is 6.01. The van der Waals surface area contributed by atoms with E-state index in [2.05, 4.69) is 20.5 Å². The Balaban J connectivity index is 2.49. The lowest BCUT2D eigenvalue weighted by atomic mass is 10.1. The Hall–Kier alpha value is -2.19. The van der Waals surface area contributed by atoms with Gasteiger partial charge in [-0.2, -0.15) is 10.1 Å². The van der Waals surface area contributed by atoms with Crippen LogP contribution in [0, 0.1) is 6.92 Å². The normalized spacial score (nSPS) is 12.2. The van der Waals surface area contributed by atoms with Crippen LogP contribution >= 0.6 is 0 Å². The molecule has 1 unspecified atom stereocenters. The summed E-state index contributed by atoms with van der Waals surface area (Å²) in [6, 6.07) is -0.364. The smallest absolute Gasteiger partial charge is 0.240 e. The van der Waals surface area contributed by atoms with E-state index in [1.54, 1.807) is 4.68 Å². The maximum absolute atomic E-state index is 5.67. The van der Waals surface area contributed by atoms with Gasteiger partial charge in [-0.25, -0.2) is 10.4 Å². The highest BCUT2D eigenvalue weighted by atomic mass is 16.5. The highest BCUT2D eigenvalue weighted by Crippen LogP contribution is 2.28. The van der Waals surface area contributed by atoms with Gasteiger partial charge in [0.1, 0.15) is 5.69 Å². The Labute approximate surface area is 116 Å². The molecule has 1 atom stereocenters. The monoisotopic (exact) mass is 278 g/mol. The molecule has 0 bridgehead atoms. The number of nitrogens with zero attached hydrogens (tertiary/aromatic N) is 4. The fourth-order valence-electron chi connectivity index (χ4n) is 2.03. The van der Waals surface area contributed by atoms with Gasteiger partial charge in [0.25, 0.3) is 0 Å². The summed E-state index contributed by atoms with van der Waals surface area (Å²) < 4.78 is 12.0. The third-order valence-electron chi connectivity index (χ3n) is 2.95. The summed E-state index contributed by atoms with van der Waals surface area (Å²) in [4.78, 5) is 8.54. The molecule has 2 rings (SSSR count). The number of methoxy groups -OCH3 is 2. The van der Waals surface area contributed by atoms with Gasteiger partial charge in [-0.05, 0) is 6.92 Å². The number of aryl methyl sites for hydroxylation is 2. The largest absolute Gasteiger partial charge is 0.480 e. The number of rotatable bonds is 5. The van der Waals surface area contributed by atoms with Crippen LogP contribution in [0.5, 0.6) is 11.8 Å². The maximum Gasteiger partial charge on any atom is 0.240 e. The van der Waals surface area contributed by atoms with E-state index in [9.17, 15) is 0 Å². The van der Waals surface area contributed by atoms with E-state index in [1.165, 1.54) is 20.4 Å². The molecule has 2 heterocycles. The topological polar surface area (TPSA) is 100 Å². The molecular formula is C12H18N6O2. The molecule has 8 nitrogen and oxygen atoms in total. The summed E-state index contributed by atoms with van der Waals surface area (Å²) in [7, 11) is 4.89. The minimum atomic E-state index is -0.364. The van der Waals surface area contributed by atoms with Crippen molar-refractivity contribution in [3.63, 3.8) is 0 Å². The van der Waals surface area contributed by atoms with Crippen LogP contribution in [0.2, 0.25) is 0 Å². The number of aromatic nitrogens is 4. The van der Waals surface area contributed by atoms with Crippen LogP contribution in [0.3, 0.4) is 0 Å². The molecule has 0 fully saturated rings. The van der Waals surface area contributed by atoms with Crippen LogP contribution in [0.15, 0.2) is 12.4 Å². The fraction of sp³-hybridized carbons (Fsp3) is 0.417. The molecule has 0 aliphatic heterocycles. The van der Waals surface area contributed by atoms with Crippen LogP contribution in [-0.2, 0) is 7.05 Å². The van der Waals surface area contributed by atoms with Crippen LogP contribution < -0.4 is 20.7 Å². The summed E-state index contributed by atoms with van der Waals surface area (Å²) in [5, 5.41) is 4.30. The minimum Gasteiger partial charge on any atom is -0.480 e. The molecule has 0 saturated heterocycles. The number of nitrogens with two attached hydrogens (primary N) is 1. The zero-order chi connectivity index (χ0) is 14.7. The molecule has 0 amide bonds. The Morgan fingerprint density at radius 1 is 1.35 bits per heavy atom. The van der Waals surface area contributed by atoms with Gasteiger partial charge in [-0.3, -0.25) is 10.5 Å². The first kappa shape index (κ1) is 14.2. The Bertz CT molecular complexity index is 598. The minimum absolute atomic E-state index is 0.357. The number of hydrazine groups is 1. The van der Waals surface area contributed by atoms with Gasteiger partial charge < -0.3 is 9.47 Å². The van der Waals surface area contributed by atoms with Crippen LogP contribution in [0.25, 0.3) is 0 Å². The summed E-state index contributed by atoms with van der Waals surface area (Å²) in [5.41, 5.74) is 5.07. The van der Waals surface area contributed by atoms with E-state index in [4.69, 9.17) is 15.3 Å².